The van der Waals surface area contributed by atoms with E-state index >= 15 is 0 Å². The van der Waals surface area contributed by atoms with E-state index in [1.165, 1.54) is 20.8 Å². The van der Waals surface area contributed by atoms with Crippen molar-refractivity contribution in [3.8, 4) is 0 Å². The number of aliphatic hydroxyl groups excluding tert-OH is 3. The summed E-state index contributed by atoms with van der Waals surface area (Å²) in [6.45, 7) is 6.37. The summed E-state index contributed by atoms with van der Waals surface area (Å²) >= 11 is 0. The van der Waals surface area contributed by atoms with Crippen molar-refractivity contribution in [1.29, 1.82) is 0 Å². The van der Waals surface area contributed by atoms with Crippen molar-refractivity contribution < 1.29 is 73.2 Å². The highest BCUT2D eigenvalue weighted by Crippen LogP contribution is 2.10. The number of hydrogen-bond donors (Lipinski definition) is 16. The highest BCUT2D eigenvalue weighted by molar-refractivity contribution is 5.98. The normalized spacial score (nSPS) is 15.2. The molecule has 0 bridgehead atoms. The van der Waals surface area contributed by atoms with E-state index in [1.807, 2.05) is 0 Å². The van der Waals surface area contributed by atoms with Crippen LogP contribution in [0.15, 0.2) is 30.3 Å². The lowest BCUT2D eigenvalue weighted by Gasteiger charge is -2.26. The number of amides is 10. The molecule has 0 unspecified atom stereocenters. The summed E-state index contributed by atoms with van der Waals surface area (Å²) in [4.78, 5) is 142. The molecule has 1 rings (SSSR count). The van der Waals surface area contributed by atoms with Gasteiger partial charge in [0, 0.05) is 6.42 Å². The molecule has 0 heterocycles. The van der Waals surface area contributed by atoms with Gasteiger partial charge in [0.1, 0.15) is 48.3 Å². The SMILES string of the molecule is CC(C)C[C@H](NC(=O)[C@@H](N)Cc1ccccc1)C(=O)N[C@@H](CCC(N)=O)C(=O)N[C@@H](CO)C(=O)NCC(=O)N[C@H](C(=O)N[C@@H](C)C(=O)N[C@@H](CCCCN)C(=O)N[C@@H](CO)C(=O)N[C@H](C(=O)O)C(C)C)[C@@H](C)O. The molecule has 1 aromatic rings. The van der Waals surface area contributed by atoms with Crippen LogP contribution in [0, 0.1) is 11.8 Å². The van der Waals surface area contributed by atoms with Crippen LogP contribution in [0.5, 0.6) is 0 Å². The van der Waals surface area contributed by atoms with Crippen LogP contribution in [0.2, 0.25) is 0 Å². The van der Waals surface area contributed by atoms with Crippen LogP contribution in [-0.2, 0) is 59.2 Å². The van der Waals surface area contributed by atoms with Gasteiger partial charge in [-0.3, -0.25) is 47.9 Å². The van der Waals surface area contributed by atoms with E-state index in [0.717, 1.165) is 12.5 Å². The fourth-order valence-electron chi connectivity index (χ4n) is 6.82. The number of rotatable bonds is 34. The van der Waals surface area contributed by atoms with Crippen molar-refractivity contribution in [2.24, 2.45) is 29.0 Å². The quantitative estimate of drug-likeness (QED) is 0.0286. The molecule has 27 nitrogen and oxygen atoms in total. The second-order valence-electron chi connectivity index (χ2n) is 18.2. The molecule has 0 aliphatic carbocycles. The third-order valence-corrected chi connectivity index (χ3v) is 11.0. The molecule has 0 aromatic heterocycles. The summed E-state index contributed by atoms with van der Waals surface area (Å²) in [6, 6.07) is -4.03. The molecule has 19 N–H and O–H groups in total. The summed E-state index contributed by atoms with van der Waals surface area (Å²) in [5, 5.41) is 60.6. The number of nitrogens with one attached hydrogen (secondary N) is 9. The number of carboxylic acid groups (broad SMARTS) is 1. The first-order chi connectivity index (χ1) is 34.3. The van der Waals surface area contributed by atoms with Gasteiger partial charge in [0.05, 0.1) is 31.9 Å². The molecule has 0 saturated carbocycles. The number of aliphatic hydroxyl groups is 3. The number of hydrogen-bond acceptors (Lipinski definition) is 16. The Hall–Kier alpha value is -6.81. The topological polar surface area (TPSA) is 455 Å². The van der Waals surface area contributed by atoms with Gasteiger partial charge in [0.15, 0.2) is 0 Å². The average Bonchev–Trinajstić information content (AvgIpc) is 3.32. The van der Waals surface area contributed by atoms with E-state index in [0.29, 0.717) is 12.8 Å². The number of carbonyl (C=O) groups excluding carboxylic acids is 10. The smallest absolute Gasteiger partial charge is 0.326 e. The number of unbranched alkanes of at least 4 members (excludes halogenated alkanes) is 1. The maximum Gasteiger partial charge on any atom is 0.326 e. The van der Waals surface area contributed by atoms with Crippen molar-refractivity contribution in [2.75, 3.05) is 26.3 Å². The number of benzene rings is 1. The lowest BCUT2D eigenvalue weighted by atomic mass is 10.0. The van der Waals surface area contributed by atoms with Gasteiger partial charge in [-0.05, 0) is 76.3 Å². The standard InChI is InChI=1S/C46H76N12O15/c1-23(2)18-31(54-39(65)28(48)19-27-12-8-7-9-13-27)43(69)53-30(15-16-34(49)62)42(68)55-32(21-59)40(66)50-20-35(63)57-37(26(6)61)45(71)51-25(5)38(64)52-29(14-10-11-17-47)41(67)56-33(22-60)44(70)58-36(24(3)4)46(72)73/h7-9,12-13,23-26,28-33,36-37,59-61H,10-11,14-22,47-48H2,1-6H3,(H2,49,62)(H,50,66)(H,51,71)(H,52,64)(H,53,69)(H,54,65)(H,55,68)(H,56,67)(H,57,63)(H,58,70)(H,72,73)/t25-,26+,28-,29-,30-,31-,32-,33-,36-,37-/m0/s1. The molecular weight excluding hydrogens is 961 g/mol. The Balaban J connectivity index is 3.02. The highest BCUT2D eigenvalue weighted by atomic mass is 16.4. The molecular formula is C46H76N12O15. The molecule has 73 heavy (non-hydrogen) atoms. The first-order valence-corrected chi connectivity index (χ1v) is 23.9. The fraction of sp³-hybridized carbons (Fsp3) is 0.630. The predicted molar refractivity (Wildman–Crippen MR) is 261 cm³/mol. The van der Waals surface area contributed by atoms with Crippen LogP contribution < -0.4 is 65.1 Å². The molecule has 0 spiro atoms. The molecule has 0 radical (unpaired) electrons. The fourth-order valence-corrected chi connectivity index (χ4v) is 6.82. The van der Waals surface area contributed by atoms with Gasteiger partial charge in [0.25, 0.3) is 0 Å². The van der Waals surface area contributed by atoms with E-state index in [9.17, 15) is 73.2 Å². The van der Waals surface area contributed by atoms with Gasteiger partial charge in [-0.2, -0.15) is 0 Å². The number of nitrogens with two attached hydrogens (primary N) is 3. The molecule has 10 atom stereocenters. The Kier molecular flexibility index (Phi) is 29.0. The van der Waals surface area contributed by atoms with E-state index in [1.54, 1.807) is 44.2 Å². The summed E-state index contributed by atoms with van der Waals surface area (Å²) in [5.41, 5.74) is 17.8. The maximum absolute atomic E-state index is 13.6. The first-order valence-electron chi connectivity index (χ1n) is 23.9. The maximum atomic E-state index is 13.6. The minimum atomic E-state index is -1.74. The Bertz CT molecular complexity index is 2030. The van der Waals surface area contributed by atoms with E-state index in [4.69, 9.17) is 17.2 Å². The van der Waals surface area contributed by atoms with Crippen LogP contribution in [-0.4, -0.2) is 172 Å². The zero-order chi connectivity index (χ0) is 55.5. The van der Waals surface area contributed by atoms with Crippen LogP contribution in [0.4, 0.5) is 0 Å². The lowest BCUT2D eigenvalue weighted by Crippen LogP contribution is -2.60. The molecule has 1 aromatic carbocycles. The van der Waals surface area contributed by atoms with E-state index in [2.05, 4.69) is 47.9 Å². The predicted octanol–water partition coefficient (Wildman–Crippen LogP) is -5.88. The summed E-state index contributed by atoms with van der Waals surface area (Å²) in [6.07, 6.45) is -1.38. The molecule has 27 heteroatoms. The molecule has 10 amide bonds. The lowest BCUT2D eigenvalue weighted by molar-refractivity contribution is -0.144. The zero-order valence-corrected chi connectivity index (χ0v) is 42.1. The second-order valence-corrected chi connectivity index (χ2v) is 18.2. The Morgan fingerprint density at radius 1 is 0.575 bits per heavy atom. The second kappa shape index (κ2) is 33.0. The van der Waals surface area contributed by atoms with Crippen molar-refractivity contribution in [3.05, 3.63) is 35.9 Å². The van der Waals surface area contributed by atoms with E-state index in [-0.39, 0.29) is 38.1 Å². The molecule has 410 valence electrons. The van der Waals surface area contributed by atoms with Gasteiger partial charge < -0.3 is 85.5 Å². The minimum absolute atomic E-state index is 0.0177. The van der Waals surface area contributed by atoms with Crippen molar-refractivity contribution in [1.82, 2.24) is 47.9 Å². The first kappa shape index (κ1) is 64.2. The third-order valence-electron chi connectivity index (χ3n) is 11.0. The Morgan fingerprint density at radius 2 is 1.08 bits per heavy atom. The monoisotopic (exact) mass is 1040 g/mol. The van der Waals surface area contributed by atoms with Gasteiger partial charge in [-0.1, -0.05) is 58.0 Å². The number of carboxylic acids is 1. The Morgan fingerprint density at radius 3 is 1.59 bits per heavy atom. The minimum Gasteiger partial charge on any atom is -0.480 e. The van der Waals surface area contributed by atoms with Gasteiger partial charge >= 0.3 is 5.97 Å². The Labute approximate surface area is 423 Å². The third kappa shape index (κ3) is 24.0. The van der Waals surface area contributed by atoms with Gasteiger partial charge in [0.2, 0.25) is 59.1 Å². The van der Waals surface area contributed by atoms with Gasteiger partial charge in [-0.15, -0.1) is 0 Å². The number of primary amides is 1. The van der Waals surface area contributed by atoms with Crippen LogP contribution in [0.3, 0.4) is 0 Å². The molecule has 0 aliphatic heterocycles. The van der Waals surface area contributed by atoms with Crippen molar-refractivity contribution in [2.45, 2.75) is 147 Å². The zero-order valence-electron chi connectivity index (χ0n) is 42.1. The molecule has 0 saturated heterocycles. The van der Waals surface area contributed by atoms with Gasteiger partial charge in [-0.25, -0.2) is 4.79 Å². The van der Waals surface area contributed by atoms with Crippen molar-refractivity contribution in [3.63, 3.8) is 0 Å². The average molecular weight is 1040 g/mol. The molecule has 0 fully saturated rings. The van der Waals surface area contributed by atoms with Crippen LogP contribution >= 0.6 is 0 Å². The summed E-state index contributed by atoms with van der Waals surface area (Å²) in [5.74, 6) is -11.5. The number of carbonyl (C=O) groups is 11. The molecule has 0 aliphatic rings. The largest absolute Gasteiger partial charge is 0.480 e. The van der Waals surface area contributed by atoms with Crippen molar-refractivity contribution >= 4 is 65.0 Å². The summed E-state index contributed by atoms with van der Waals surface area (Å²) in [7, 11) is 0. The van der Waals surface area contributed by atoms with Crippen LogP contribution in [0.25, 0.3) is 0 Å². The highest BCUT2D eigenvalue weighted by Gasteiger charge is 2.34. The number of aliphatic carboxylic acids is 1. The van der Waals surface area contributed by atoms with E-state index < -0.39 is 158 Å². The summed E-state index contributed by atoms with van der Waals surface area (Å²) < 4.78 is 0. The van der Waals surface area contributed by atoms with Crippen LogP contribution in [0.1, 0.15) is 85.6 Å².